The lowest BCUT2D eigenvalue weighted by molar-refractivity contribution is 0.540. The summed E-state index contributed by atoms with van der Waals surface area (Å²) in [5.41, 5.74) is 1.82. The van der Waals surface area contributed by atoms with Crippen molar-refractivity contribution in [3.63, 3.8) is 0 Å². The van der Waals surface area contributed by atoms with Crippen molar-refractivity contribution in [3.05, 3.63) is 39.3 Å². The van der Waals surface area contributed by atoms with Crippen LogP contribution in [0.2, 0.25) is 0 Å². The van der Waals surface area contributed by atoms with Crippen LogP contribution in [0.5, 0.6) is 0 Å². The molecule has 0 aliphatic carbocycles. The first-order valence-electron chi connectivity index (χ1n) is 4.49. The van der Waals surface area contributed by atoms with Crippen LogP contribution in [-0.4, -0.2) is 4.98 Å². The van der Waals surface area contributed by atoms with Crippen molar-refractivity contribution in [2.24, 2.45) is 0 Å². The van der Waals surface area contributed by atoms with Crippen LogP contribution in [0.15, 0.2) is 28.7 Å². The van der Waals surface area contributed by atoms with Crippen molar-refractivity contribution >= 4 is 34.2 Å². The number of halogens is 2. The first-order chi connectivity index (χ1) is 7.22. The summed E-state index contributed by atoms with van der Waals surface area (Å²) in [6.07, 6.45) is 0. The van der Waals surface area contributed by atoms with Gasteiger partial charge in [0.1, 0.15) is 5.76 Å². The SMILES string of the molecule is Cc1oc(-c2ccccc2I)nc1CCl. The zero-order valence-corrected chi connectivity index (χ0v) is 11.0. The van der Waals surface area contributed by atoms with Crippen LogP contribution in [0.1, 0.15) is 11.5 Å². The third-order valence-corrected chi connectivity index (χ3v) is 3.32. The Hall–Kier alpha value is -0.550. The molecule has 0 bridgehead atoms. The number of hydrogen-bond acceptors (Lipinski definition) is 2. The maximum Gasteiger partial charge on any atom is 0.227 e. The highest BCUT2D eigenvalue weighted by atomic mass is 127. The zero-order valence-electron chi connectivity index (χ0n) is 8.13. The Bertz CT molecular complexity index is 481. The molecule has 0 fully saturated rings. The van der Waals surface area contributed by atoms with E-state index in [1.165, 1.54) is 0 Å². The monoisotopic (exact) mass is 333 g/mol. The number of benzene rings is 1. The number of nitrogens with zero attached hydrogens (tertiary/aromatic N) is 1. The van der Waals surface area contributed by atoms with Gasteiger partial charge in [-0.25, -0.2) is 4.98 Å². The first-order valence-corrected chi connectivity index (χ1v) is 6.11. The smallest absolute Gasteiger partial charge is 0.227 e. The number of aryl methyl sites for hydroxylation is 1. The molecule has 0 radical (unpaired) electrons. The van der Waals surface area contributed by atoms with Crippen molar-refractivity contribution in [1.82, 2.24) is 4.98 Å². The van der Waals surface area contributed by atoms with Crippen molar-refractivity contribution in [3.8, 4) is 11.5 Å². The highest BCUT2D eigenvalue weighted by molar-refractivity contribution is 14.1. The van der Waals surface area contributed by atoms with E-state index in [2.05, 4.69) is 27.6 Å². The summed E-state index contributed by atoms with van der Waals surface area (Å²) in [4.78, 5) is 4.36. The molecular weight excluding hydrogens is 324 g/mol. The summed E-state index contributed by atoms with van der Waals surface area (Å²) in [6, 6.07) is 7.97. The van der Waals surface area contributed by atoms with Crippen LogP contribution in [-0.2, 0) is 5.88 Å². The van der Waals surface area contributed by atoms with E-state index in [-0.39, 0.29) is 0 Å². The van der Waals surface area contributed by atoms with Gasteiger partial charge >= 0.3 is 0 Å². The van der Waals surface area contributed by atoms with E-state index >= 15 is 0 Å². The normalized spacial score (nSPS) is 10.6. The molecule has 0 aliphatic heterocycles. The van der Waals surface area contributed by atoms with Crippen LogP contribution < -0.4 is 0 Å². The van der Waals surface area contributed by atoms with Gasteiger partial charge in [-0.1, -0.05) is 12.1 Å². The minimum absolute atomic E-state index is 0.388. The first kappa shape index (κ1) is 11.0. The minimum atomic E-state index is 0.388. The molecule has 1 aromatic heterocycles. The third kappa shape index (κ3) is 2.18. The lowest BCUT2D eigenvalue weighted by Crippen LogP contribution is -1.83. The van der Waals surface area contributed by atoms with Crippen molar-refractivity contribution in [2.45, 2.75) is 12.8 Å². The Kier molecular flexibility index (Phi) is 3.31. The summed E-state index contributed by atoms with van der Waals surface area (Å²) >= 11 is 8.01. The van der Waals surface area contributed by atoms with Gasteiger partial charge in [-0.3, -0.25) is 0 Å². The van der Waals surface area contributed by atoms with E-state index in [4.69, 9.17) is 16.0 Å². The quantitative estimate of drug-likeness (QED) is 0.613. The molecule has 1 aromatic carbocycles. The predicted molar refractivity (Wildman–Crippen MR) is 69.0 cm³/mol. The van der Waals surface area contributed by atoms with Gasteiger partial charge in [0.25, 0.3) is 0 Å². The molecule has 0 aliphatic rings. The van der Waals surface area contributed by atoms with Crippen molar-refractivity contribution in [2.75, 3.05) is 0 Å². The number of oxazole rings is 1. The van der Waals surface area contributed by atoms with Gasteiger partial charge in [0.2, 0.25) is 5.89 Å². The van der Waals surface area contributed by atoms with E-state index in [1.54, 1.807) is 0 Å². The molecule has 4 heteroatoms. The Balaban J connectivity index is 2.50. The molecule has 2 rings (SSSR count). The molecule has 0 N–H and O–H groups in total. The number of alkyl halides is 1. The molecule has 0 spiro atoms. The van der Waals surface area contributed by atoms with Crippen LogP contribution in [0, 0.1) is 10.5 Å². The maximum atomic E-state index is 5.75. The van der Waals surface area contributed by atoms with E-state index in [9.17, 15) is 0 Å². The van der Waals surface area contributed by atoms with Gasteiger partial charge in [-0.15, -0.1) is 11.6 Å². The Morgan fingerprint density at radius 3 is 2.73 bits per heavy atom. The minimum Gasteiger partial charge on any atom is -0.441 e. The van der Waals surface area contributed by atoms with Gasteiger partial charge < -0.3 is 4.42 Å². The Labute approximate surface area is 107 Å². The van der Waals surface area contributed by atoms with Crippen molar-refractivity contribution < 1.29 is 4.42 Å². The fraction of sp³-hybridized carbons (Fsp3) is 0.182. The maximum absolute atomic E-state index is 5.75. The molecule has 2 aromatic rings. The van der Waals surface area contributed by atoms with Crippen molar-refractivity contribution in [1.29, 1.82) is 0 Å². The van der Waals surface area contributed by atoms with Gasteiger partial charge in [0, 0.05) is 3.57 Å². The lowest BCUT2D eigenvalue weighted by Gasteiger charge is -1.97. The predicted octanol–water partition coefficient (Wildman–Crippen LogP) is 3.99. The fourth-order valence-corrected chi connectivity index (χ4v) is 2.17. The molecule has 15 heavy (non-hydrogen) atoms. The second kappa shape index (κ2) is 4.53. The van der Waals surface area contributed by atoms with E-state index in [1.807, 2.05) is 31.2 Å². The number of rotatable bonds is 2. The van der Waals surface area contributed by atoms with Crippen LogP contribution in [0.3, 0.4) is 0 Å². The fourth-order valence-electron chi connectivity index (χ4n) is 1.30. The van der Waals surface area contributed by atoms with Crippen LogP contribution >= 0.6 is 34.2 Å². The van der Waals surface area contributed by atoms with Crippen LogP contribution in [0.25, 0.3) is 11.5 Å². The molecule has 0 atom stereocenters. The van der Waals surface area contributed by atoms with E-state index in [0.717, 1.165) is 20.6 Å². The zero-order chi connectivity index (χ0) is 10.8. The van der Waals surface area contributed by atoms with Gasteiger partial charge in [-0.05, 0) is 41.6 Å². The second-order valence-corrected chi connectivity index (χ2v) is 4.56. The van der Waals surface area contributed by atoms with Gasteiger partial charge in [-0.2, -0.15) is 0 Å². The van der Waals surface area contributed by atoms with E-state index in [0.29, 0.717) is 11.8 Å². The van der Waals surface area contributed by atoms with Gasteiger partial charge in [0.05, 0.1) is 17.1 Å². The third-order valence-electron chi connectivity index (χ3n) is 2.12. The molecule has 78 valence electrons. The molecule has 0 unspecified atom stereocenters. The second-order valence-electron chi connectivity index (χ2n) is 3.14. The molecule has 1 heterocycles. The van der Waals surface area contributed by atoms with E-state index < -0.39 is 0 Å². The molecule has 0 saturated heterocycles. The lowest BCUT2D eigenvalue weighted by atomic mass is 10.2. The number of aromatic nitrogens is 1. The average molecular weight is 334 g/mol. The summed E-state index contributed by atoms with van der Waals surface area (Å²) < 4.78 is 6.69. The average Bonchev–Trinajstić information content (AvgIpc) is 2.60. The topological polar surface area (TPSA) is 26.0 Å². The highest BCUT2D eigenvalue weighted by Crippen LogP contribution is 2.26. The summed E-state index contributed by atoms with van der Waals surface area (Å²) in [5, 5.41) is 0. The summed E-state index contributed by atoms with van der Waals surface area (Å²) in [5.74, 6) is 1.83. The molecule has 0 amide bonds. The summed E-state index contributed by atoms with van der Waals surface area (Å²) in [7, 11) is 0. The largest absolute Gasteiger partial charge is 0.441 e. The standard InChI is InChI=1S/C11H9ClINO/c1-7-10(6-12)14-11(15-7)8-4-2-3-5-9(8)13/h2-5H,6H2,1H3. The van der Waals surface area contributed by atoms with Gasteiger partial charge in [0.15, 0.2) is 0 Å². The highest BCUT2D eigenvalue weighted by Gasteiger charge is 2.12. The molecule has 0 saturated carbocycles. The Morgan fingerprint density at radius 1 is 1.40 bits per heavy atom. The molecular formula is C11H9ClINO. The Morgan fingerprint density at radius 2 is 2.13 bits per heavy atom. The molecule has 2 nitrogen and oxygen atoms in total. The number of hydrogen-bond donors (Lipinski definition) is 0. The van der Waals surface area contributed by atoms with Crippen LogP contribution in [0.4, 0.5) is 0 Å². The summed E-state index contributed by atoms with van der Waals surface area (Å²) in [6.45, 7) is 1.88.